The monoisotopic (exact) mass is 367 g/mol. The van der Waals surface area contributed by atoms with Gasteiger partial charge in [-0.2, -0.15) is 0 Å². The third-order valence-electron chi connectivity index (χ3n) is 3.46. The first-order chi connectivity index (χ1) is 11.4. The number of halogens is 1. The van der Waals surface area contributed by atoms with Crippen LogP contribution in [0.2, 0.25) is 5.02 Å². The van der Waals surface area contributed by atoms with Crippen molar-refractivity contribution in [3.8, 4) is 0 Å². The number of unbranched alkanes of at least 4 members (excludes halogenated alkanes) is 1. The van der Waals surface area contributed by atoms with Crippen LogP contribution in [0.4, 0.5) is 0 Å². The third-order valence-corrected chi connectivity index (χ3v) is 5.16. The Bertz CT molecular complexity index is 821. The summed E-state index contributed by atoms with van der Waals surface area (Å²) in [5.41, 5.74) is 1.05. The van der Waals surface area contributed by atoms with Gasteiger partial charge in [0.1, 0.15) is 0 Å². The smallest absolute Gasteiger partial charge is 0.335 e. The van der Waals surface area contributed by atoms with E-state index in [1.807, 2.05) is 24.3 Å². The van der Waals surface area contributed by atoms with E-state index >= 15 is 0 Å². The summed E-state index contributed by atoms with van der Waals surface area (Å²) in [5, 5.41) is 9.61. The summed E-state index contributed by atoms with van der Waals surface area (Å²) in [6, 6.07) is 12.9. The lowest BCUT2D eigenvalue weighted by atomic mass is 10.1. The predicted molar refractivity (Wildman–Crippen MR) is 93.0 cm³/mol. The van der Waals surface area contributed by atoms with Crippen molar-refractivity contribution in [2.75, 3.05) is 6.54 Å². The van der Waals surface area contributed by atoms with Crippen LogP contribution in [0.1, 0.15) is 28.8 Å². The van der Waals surface area contributed by atoms with Gasteiger partial charge in [-0.1, -0.05) is 29.8 Å². The van der Waals surface area contributed by atoms with Crippen molar-refractivity contribution in [1.29, 1.82) is 0 Å². The molecule has 0 unspecified atom stereocenters. The number of aromatic carboxylic acids is 1. The molecule has 0 amide bonds. The van der Waals surface area contributed by atoms with Crippen molar-refractivity contribution in [2.24, 2.45) is 0 Å². The SMILES string of the molecule is O=C(O)c1cccc(S(=O)(=O)NCCCCc2cccc(Cl)c2)c1. The van der Waals surface area contributed by atoms with Crippen LogP contribution in [0.25, 0.3) is 0 Å². The number of sulfonamides is 1. The Balaban J connectivity index is 1.85. The lowest BCUT2D eigenvalue weighted by Gasteiger charge is -2.07. The van der Waals surface area contributed by atoms with Gasteiger partial charge >= 0.3 is 5.97 Å². The number of hydrogen-bond donors (Lipinski definition) is 2. The molecule has 24 heavy (non-hydrogen) atoms. The van der Waals surface area contributed by atoms with Crippen LogP contribution in [0, 0.1) is 0 Å². The molecule has 0 atom stereocenters. The van der Waals surface area contributed by atoms with Gasteiger partial charge < -0.3 is 5.11 Å². The standard InChI is InChI=1S/C17H18ClNO4S/c18-15-8-3-6-13(11-15)5-1-2-10-19-24(22,23)16-9-4-7-14(12-16)17(20)21/h3-4,6-9,11-12,19H,1-2,5,10H2,(H,20,21). The van der Waals surface area contributed by atoms with E-state index in [0.29, 0.717) is 18.0 Å². The van der Waals surface area contributed by atoms with Crippen LogP contribution < -0.4 is 4.72 Å². The number of benzene rings is 2. The fourth-order valence-electron chi connectivity index (χ4n) is 2.23. The Morgan fingerprint density at radius 3 is 2.54 bits per heavy atom. The second-order valence-electron chi connectivity index (χ2n) is 5.32. The van der Waals surface area contributed by atoms with Gasteiger partial charge in [-0.25, -0.2) is 17.9 Å². The normalized spacial score (nSPS) is 11.4. The summed E-state index contributed by atoms with van der Waals surface area (Å²) in [6.45, 7) is 0.292. The zero-order valence-corrected chi connectivity index (χ0v) is 14.5. The van der Waals surface area contributed by atoms with Gasteiger partial charge in [-0.05, 0) is 55.2 Å². The molecule has 0 aromatic heterocycles. The van der Waals surface area contributed by atoms with Gasteiger partial charge in [0.05, 0.1) is 10.5 Å². The minimum Gasteiger partial charge on any atom is -0.478 e. The van der Waals surface area contributed by atoms with Crippen molar-refractivity contribution in [2.45, 2.75) is 24.2 Å². The van der Waals surface area contributed by atoms with E-state index < -0.39 is 16.0 Å². The van der Waals surface area contributed by atoms with Crippen LogP contribution in [0.15, 0.2) is 53.4 Å². The number of nitrogens with one attached hydrogen (secondary N) is 1. The van der Waals surface area contributed by atoms with Gasteiger partial charge in [0.2, 0.25) is 10.0 Å². The van der Waals surface area contributed by atoms with Gasteiger partial charge in [0.15, 0.2) is 0 Å². The molecule has 0 aliphatic carbocycles. The molecule has 128 valence electrons. The van der Waals surface area contributed by atoms with Crippen molar-refractivity contribution >= 4 is 27.6 Å². The Morgan fingerprint density at radius 2 is 1.83 bits per heavy atom. The Kier molecular flexibility index (Phi) is 6.36. The number of carboxylic acids is 1. The molecule has 7 heteroatoms. The predicted octanol–water partition coefficient (Wildman–Crippen LogP) is 3.34. The molecule has 2 aromatic rings. The maximum absolute atomic E-state index is 12.2. The van der Waals surface area contributed by atoms with E-state index in [9.17, 15) is 13.2 Å². The van der Waals surface area contributed by atoms with Crippen LogP contribution in [0.5, 0.6) is 0 Å². The van der Waals surface area contributed by atoms with Gasteiger partial charge in [0.25, 0.3) is 0 Å². The highest BCUT2D eigenvalue weighted by molar-refractivity contribution is 7.89. The van der Waals surface area contributed by atoms with Crippen LogP contribution in [-0.2, 0) is 16.4 Å². The molecule has 0 saturated heterocycles. The molecule has 0 radical (unpaired) electrons. The highest BCUT2D eigenvalue weighted by atomic mass is 35.5. The lowest BCUT2D eigenvalue weighted by molar-refractivity contribution is 0.0696. The number of rotatable bonds is 8. The summed E-state index contributed by atoms with van der Waals surface area (Å²) >= 11 is 5.91. The fourth-order valence-corrected chi connectivity index (χ4v) is 3.57. The number of hydrogen-bond acceptors (Lipinski definition) is 3. The molecule has 0 bridgehead atoms. The minimum atomic E-state index is -3.70. The van der Waals surface area contributed by atoms with E-state index in [2.05, 4.69) is 4.72 Å². The summed E-state index contributed by atoms with van der Waals surface area (Å²) in [5.74, 6) is -1.16. The Morgan fingerprint density at radius 1 is 1.08 bits per heavy atom. The second kappa shape index (κ2) is 8.28. The summed E-state index contributed by atoms with van der Waals surface area (Å²) in [4.78, 5) is 10.9. The van der Waals surface area contributed by atoms with Crippen LogP contribution in [-0.4, -0.2) is 26.0 Å². The molecule has 0 aliphatic rings. The number of carboxylic acid groups (broad SMARTS) is 1. The zero-order valence-electron chi connectivity index (χ0n) is 12.9. The topological polar surface area (TPSA) is 83.5 Å². The summed E-state index contributed by atoms with van der Waals surface area (Å²) in [7, 11) is -3.70. The number of carbonyl (C=O) groups is 1. The zero-order chi connectivity index (χ0) is 17.6. The maximum atomic E-state index is 12.2. The molecule has 0 heterocycles. The molecule has 0 saturated carbocycles. The highest BCUT2D eigenvalue weighted by Crippen LogP contribution is 2.14. The molecule has 5 nitrogen and oxygen atoms in total. The van der Waals surface area contributed by atoms with Crippen LogP contribution >= 0.6 is 11.6 Å². The van der Waals surface area contributed by atoms with Crippen molar-refractivity contribution in [3.63, 3.8) is 0 Å². The molecule has 2 N–H and O–H groups in total. The van der Waals surface area contributed by atoms with E-state index in [4.69, 9.17) is 16.7 Å². The molecular weight excluding hydrogens is 350 g/mol. The van der Waals surface area contributed by atoms with E-state index in [0.717, 1.165) is 24.5 Å². The van der Waals surface area contributed by atoms with E-state index in [1.54, 1.807) is 0 Å². The molecular formula is C17H18ClNO4S. The first-order valence-corrected chi connectivity index (χ1v) is 9.32. The molecule has 0 aliphatic heterocycles. The van der Waals surface area contributed by atoms with Crippen molar-refractivity contribution in [1.82, 2.24) is 4.72 Å². The average molecular weight is 368 g/mol. The second-order valence-corrected chi connectivity index (χ2v) is 7.52. The molecule has 0 spiro atoms. The average Bonchev–Trinajstić information content (AvgIpc) is 2.54. The van der Waals surface area contributed by atoms with Crippen LogP contribution in [0.3, 0.4) is 0 Å². The fraction of sp³-hybridized carbons (Fsp3) is 0.235. The quantitative estimate of drug-likeness (QED) is 0.701. The third kappa shape index (κ3) is 5.33. The summed E-state index contributed by atoms with van der Waals surface area (Å²) < 4.78 is 26.8. The number of aryl methyl sites for hydroxylation is 1. The van der Waals surface area contributed by atoms with Gasteiger partial charge in [-0.3, -0.25) is 0 Å². The Hall–Kier alpha value is -1.89. The van der Waals surface area contributed by atoms with E-state index in [1.165, 1.54) is 18.2 Å². The lowest BCUT2D eigenvalue weighted by Crippen LogP contribution is -2.25. The largest absolute Gasteiger partial charge is 0.478 e. The molecule has 2 rings (SSSR count). The first kappa shape index (κ1) is 18.4. The highest BCUT2D eigenvalue weighted by Gasteiger charge is 2.15. The first-order valence-electron chi connectivity index (χ1n) is 7.46. The molecule has 2 aromatic carbocycles. The van der Waals surface area contributed by atoms with E-state index in [-0.39, 0.29) is 10.5 Å². The van der Waals surface area contributed by atoms with Gasteiger partial charge in [-0.15, -0.1) is 0 Å². The Labute approximate surface area is 146 Å². The molecule has 0 fully saturated rings. The van der Waals surface area contributed by atoms with Gasteiger partial charge in [0, 0.05) is 11.6 Å². The maximum Gasteiger partial charge on any atom is 0.335 e. The summed E-state index contributed by atoms with van der Waals surface area (Å²) in [6.07, 6.45) is 2.30. The van der Waals surface area contributed by atoms with Crippen molar-refractivity contribution < 1.29 is 18.3 Å². The van der Waals surface area contributed by atoms with Crippen molar-refractivity contribution in [3.05, 3.63) is 64.7 Å². The minimum absolute atomic E-state index is 0.0442.